The van der Waals surface area contributed by atoms with E-state index in [0.29, 0.717) is 17.3 Å². The largest absolute Gasteiger partial charge is 0.418 e. The van der Waals surface area contributed by atoms with E-state index < -0.39 is 17.6 Å². The van der Waals surface area contributed by atoms with E-state index in [1.54, 1.807) is 23.6 Å². The van der Waals surface area contributed by atoms with Gasteiger partial charge in [0.25, 0.3) is 5.91 Å². The molecule has 0 saturated heterocycles. The third kappa shape index (κ3) is 4.45. The van der Waals surface area contributed by atoms with Crippen LogP contribution in [0.5, 0.6) is 0 Å². The maximum Gasteiger partial charge on any atom is 0.418 e. The Labute approximate surface area is 164 Å². The fourth-order valence-electron chi connectivity index (χ4n) is 2.63. The molecule has 0 spiro atoms. The van der Waals surface area contributed by atoms with Gasteiger partial charge < -0.3 is 4.57 Å². The van der Waals surface area contributed by atoms with Crippen molar-refractivity contribution < 1.29 is 18.0 Å². The van der Waals surface area contributed by atoms with Crippen molar-refractivity contribution in [2.24, 2.45) is 0 Å². The Bertz CT molecular complexity index is 984. The Morgan fingerprint density at radius 1 is 1.14 bits per heavy atom. The minimum atomic E-state index is -4.54. The van der Waals surface area contributed by atoms with Crippen molar-refractivity contribution in [3.63, 3.8) is 0 Å². The van der Waals surface area contributed by atoms with Crippen molar-refractivity contribution in [1.82, 2.24) is 15.0 Å². The smallest absolute Gasteiger partial charge is 0.330 e. The maximum absolute atomic E-state index is 13.0. The van der Waals surface area contributed by atoms with Crippen LogP contribution in [0, 0.1) is 6.92 Å². The van der Waals surface area contributed by atoms with Gasteiger partial charge in [-0.25, -0.2) is 4.98 Å². The first-order chi connectivity index (χ1) is 13.3. The number of nitrogens with one attached hydrogen (secondary N) is 2. The molecule has 146 valence electrons. The van der Waals surface area contributed by atoms with Gasteiger partial charge in [-0.1, -0.05) is 35.9 Å². The molecule has 9 heteroatoms. The second kappa shape index (κ2) is 7.93. The Hall–Kier alpha value is -3.00. The number of carbonyl (C=O) groups excluding carboxylic acids is 1. The number of rotatable bonds is 5. The maximum atomic E-state index is 13.0. The lowest BCUT2D eigenvalue weighted by Gasteiger charge is -2.14. The van der Waals surface area contributed by atoms with Gasteiger partial charge >= 0.3 is 6.18 Å². The van der Waals surface area contributed by atoms with Crippen molar-refractivity contribution in [3.05, 3.63) is 82.4 Å². The van der Waals surface area contributed by atoms with E-state index in [4.69, 9.17) is 11.6 Å². The monoisotopic (exact) mass is 408 g/mol. The first kappa shape index (κ1) is 19.8. The van der Waals surface area contributed by atoms with Crippen molar-refractivity contribution in [2.45, 2.75) is 19.6 Å². The number of hydrogen-bond acceptors (Lipinski definition) is 3. The number of carbonyl (C=O) groups is 1. The van der Waals surface area contributed by atoms with Gasteiger partial charge in [0.1, 0.15) is 0 Å². The topological polar surface area (TPSA) is 59.0 Å². The number of alkyl halides is 3. The van der Waals surface area contributed by atoms with E-state index >= 15 is 0 Å². The van der Waals surface area contributed by atoms with Crippen LogP contribution in [0.15, 0.2) is 54.9 Å². The summed E-state index contributed by atoms with van der Waals surface area (Å²) in [4.78, 5) is 16.4. The van der Waals surface area contributed by atoms with Crippen molar-refractivity contribution in [1.29, 1.82) is 0 Å². The second-order valence-electron chi connectivity index (χ2n) is 6.06. The number of halogens is 4. The van der Waals surface area contributed by atoms with E-state index in [2.05, 4.69) is 15.8 Å². The molecule has 3 aromatic rings. The fourth-order valence-corrected chi connectivity index (χ4v) is 2.76. The third-order valence-electron chi connectivity index (χ3n) is 4.12. The Balaban J connectivity index is 1.71. The summed E-state index contributed by atoms with van der Waals surface area (Å²) in [5.41, 5.74) is 5.14. The number of imidazole rings is 1. The Morgan fingerprint density at radius 2 is 1.82 bits per heavy atom. The van der Waals surface area contributed by atoms with Crippen LogP contribution in [0.4, 0.5) is 18.9 Å². The summed E-state index contributed by atoms with van der Waals surface area (Å²) < 4.78 is 40.8. The quantitative estimate of drug-likeness (QED) is 0.603. The molecule has 2 N–H and O–H groups in total. The number of nitrogens with zero attached hydrogens (tertiary/aromatic N) is 2. The Kier molecular flexibility index (Phi) is 5.60. The molecule has 0 aliphatic rings. The fraction of sp³-hybridized carbons (Fsp3) is 0.158. The first-order valence-corrected chi connectivity index (χ1v) is 8.62. The number of hydrogen-bond donors (Lipinski definition) is 2. The van der Waals surface area contributed by atoms with Gasteiger partial charge in [-0.2, -0.15) is 13.2 Å². The summed E-state index contributed by atoms with van der Waals surface area (Å²) in [6.45, 7) is 2.19. The summed E-state index contributed by atoms with van der Waals surface area (Å²) >= 11 is 5.87. The first-order valence-electron chi connectivity index (χ1n) is 8.24. The predicted octanol–water partition coefficient (Wildman–Crippen LogP) is 4.67. The highest BCUT2D eigenvalue weighted by Crippen LogP contribution is 2.34. The van der Waals surface area contributed by atoms with Crippen LogP contribution in [0.2, 0.25) is 5.02 Å². The molecule has 0 radical (unpaired) electrons. The molecular weight excluding hydrogens is 393 g/mol. The third-order valence-corrected chi connectivity index (χ3v) is 4.38. The van der Waals surface area contributed by atoms with Crippen LogP contribution in [-0.4, -0.2) is 15.5 Å². The van der Waals surface area contributed by atoms with Crippen LogP contribution < -0.4 is 10.9 Å². The van der Waals surface area contributed by atoms with E-state index in [-0.39, 0.29) is 11.4 Å². The van der Waals surface area contributed by atoms with E-state index in [1.807, 2.05) is 12.1 Å². The minimum Gasteiger partial charge on any atom is -0.330 e. The minimum absolute atomic E-state index is 0.117. The van der Waals surface area contributed by atoms with Crippen molar-refractivity contribution in [3.8, 4) is 0 Å². The van der Waals surface area contributed by atoms with Crippen LogP contribution in [0.3, 0.4) is 0 Å². The molecule has 28 heavy (non-hydrogen) atoms. The van der Waals surface area contributed by atoms with Crippen LogP contribution >= 0.6 is 11.6 Å². The normalized spacial score (nSPS) is 11.3. The number of benzene rings is 2. The molecule has 1 heterocycles. The van der Waals surface area contributed by atoms with Crippen molar-refractivity contribution >= 4 is 23.2 Å². The molecule has 2 aromatic carbocycles. The van der Waals surface area contributed by atoms with E-state index in [0.717, 1.165) is 11.6 Å². The number of aromatic nitrogens is 2. The molecule has 0 atom stereocenters. The highest BCUT2D eigenvalue weighted by Gasteiger charge is 2.33. The van der Waals surface area contributed by atoms with Gasteiger partial charge in [-0.15, -0.1) is 0 Å². The van der Waals surface area contributed by atoms with Gasteiger partial charge in [-0.05, 0) is 36.8 Å². The summed E-state index contributed by atoms with van der Waals surface area (Å²) in [6.07, 6.45) is -3.03. The van der Waals surface area contributed by atoms with E-state index in [1.165, 1.54) is 24.5 Å². The number of hydrazine groups is 1. The lowest BCUT2D eigenvalue weighted by atomic mass is 10.2. The van der Waals surface area contributed by atoms with Gasteiger partial charge in [-0.3, -0.25) is 15.6 Å². The molecule has 5 nitrogen and oxygen atoms in total. The molecule has 0 unspecified atom stereocenters. The molecule has 0 aliphatic heterocycles. The summed E-state index contributed by atoms with van der Waals surface area (Å²) in [5.74, 6) is -0.635. The number of para-hydroxylation sites is 1. The molecule has 0 bridgehead atoms. The average Bonchev–Trinajstić information content (AvgIpc) is 3.01. The van der Waals surface area contributed by atoms with Crippen molar-refractivity contribution in [2.75, 3.05) is 5.43 Å². The molecule has 0 saturated carbocycles. The van der Waals surface area contributed by atoms with Crippen LogP contribution in [0.25, 0.3) is 0 Å². The number of amides is 1. The molecule has 3 rings (SSSR count). The molecule has 0 aliphatic carbocycles. The van der Waals surface area contributed by atoms with Crippen LogP contribution in [0.1, 0.15) is 27.3 Å². The number of anilines is 1. The highest BCUT2D eigenvalue weighted by molar-refractivity contribution is 6.30. The standard InChI is InChI=1S/C19H16ClF3N4O/c1-12-17(24-11-27(12)10-13-6-8-14(20)9-7-13)18(28)26-25-16-5-3-2-4-15(16)19(21,22)23/h2-9,11,25H,10H2,1H3,(H,26,28). The Morgan fingerprint density at radius 3 is 2.50 bits per heavy atom. The molecule has 0 fully saturated rings. The van der Waals surface area contributed by atoms with Gasteiger partial charge in [0, 0.05) is 17.3 Å². The lowest BCUT2D eigenvalue weighted by molar-refractivity contribution is -0.137. The summed E-state index contributed by atoms with van der Waals surface area (Å²) in [7, 11) is 0. The summed E-state index contributed by atoms with van der Waals surface area (Å²) in [5, 5.41) is 0.622. The lowest BCUT2D eigenvalue weighted by Crippen LogP contribution is -2.31. The summed E-state index contributed by atoms with van der Waals surface area (Å²) in [6, 6.07) is 12.1. The average molecular weight is 409 g/mol. The predicted molar refractivity (Wildman–Crippen MR) is 100 cm³/mol. The zero-order valence-electron chi connectivity index (χ0n) is 14.7. The zero-order chi connectivity index (χ0) is 20.3. The SMILES string of the molecule is Cc1c(C(=O)NNc2ccccc2C(F)(F)F)ncn1Cc1ccc(Cl)cc1. The van der Waals surface area contributed by atoms with Gasteiger partial charge in [0.15, 0.2) is 5.69 Å². The second-order valence-corrected chi connectivity index (χ2v) is 6.49. The molecular formula is C19H16ClF3N4O. The van der Waals surface area contributed by atoms with Gasteiger partial charge in [0.2, 0.25) is 0 Å². The molecule has 1 aromatic heterocycles. The zero-order valence-corrected chi connectivity index (χ0v) is 15.5. The molecule has 1 amide bonds. The van der Waals surface area contributed by atoms with E-state index in [9.17, 15) is 18.0 Å². The van der Waals surface area contributed by atoms with Gasteiger partial charge in [0.05, 0.1) is 17.6 Å². The van der Waals surface area contributed by atoms with Crippen LogP contribution in [-0.2, 0) is 12.7 Å². The highest BCUT2D eigenvalue weighted by atomic mass is 35.5.